The number of aryl methyl sites for hydroxylation is 3. The van der Waals surface area contributed by atoms with Gasteiger partial charge in [0.15, 0.2) is 11.6 Å². The van der Waals surface area contributed by atoms with Gasteiger partial charge in [0.1, 0.15) is 5.82 Å². The molecule has 6 heteroatoms. The molecule has 2 aromatic heterocycles. The molecule has 0 amide bonds. The van der Waals surface area contributed by atoms with Crippen LogP contribution in [0.5, 0.6) is 0 Å². The Bertz CT molecular complexity index is 511. The summed E-state index contributed by atoms with van der Waals surface area (Å²) in [7, 11) is 0. The molecule has 0 spiro atoms. The monoisotopic (exact) mass is 232 g/mol. The van der Waals surface area contributed by atoms with Gasteiger partial charge >= 0.3 is 0 Å². The number of aromatic nitrogens is 5. The third-order valence-electron chi connectivity index (χ3n) is 2.43. The van der Waals surface area contributed by atoms with Gasteiger partial charge in [-0.3, -0.25) is 0 Å². The lowest BCUT2D eigenvalue weighted by molar-refractivity contribution is 0.765. The van der Waals surface area contributed by atoms with Gasteiger partial charge in [-0.15, -0.1) is 5.10 Å². The highest BCUT2D eigenvalue weighted by molar-refractivity contribution is 5.31. The second kappa shape index (κ2) is 4.48. The lowest BCUT2D eigenvalue weighted by atomic mass is 10.4. The van der Waals surface area contributed by atoms with Gasteiger partial charge in [0.25, 0.3) is 0 Å². The Balaban J connectivity index is 2.54. The molecular formula is C11H16N6. The van der Waals surface area contributed by atoms with Gasteiger partial charge in [0.05, 0.1) is 0 Å². The van der Waals surface area contributed by atoms with E-state index in [9.17, 15) is 0 Å². The number of hydrogen-bond donors (Lipinski definition) is 1. The fourth-order valence-corrected chi connectivity index (χ4v) is 1.64. The maximum Gasteiger partial charge on any atom is 0.222 e. The molecule has 2 N–H and O–H groups in total. The first-order valence-corrected chi connectivity index (χ1v) is 5.70. The van der Waals surface area contributed by atoms with Gasteiger partial charge in [-0.1, -0.05) is 13.8 Å². The summed E-state index contributed by atoms with van der Waals surface area (Å²) < 4.78 is 1.74. The summed E-state index contributed by atoms with van der Waals surface area (Å²) in [4.78, 5) is 12.7. The predicted molar refractivity (Wildman–Crippen MR) is 64.9 cm³/mol. The van der Waals surface area contributed by atoms with Crippen molar-refractivity contribution in [1.29, 1.82) is 0 Å². The van der Waals surface area contributed by atoms with Crippen LogP contribution in [-0.4, -0.2) is 24.7 Å². The van der Waals surface area contributed by atoms with E-state index in [0.29, 0.717) is 5.82 Å². The fourth-order valence-electron chi connectivity index (χ4n) is 1.64. The first-order chi connectivity index (χ1) is 8.13. The van der Waals surface area contributed by atoms with E-state index in [1.807, 2.05) is 26.8 Å². The average Bonchev–Trinajstić information content (AvgIpc) is 2.70. The average molecular weight is 232 g/mol. The molecule has 0 saturated carbocycles. The van der Waals surface area contributed by atoms with Crippen LogP contribution in [-0.2, 0) is 12.8 Å². The Labute approximate surface area is 99.9 Å². The lowest BCUT2D eigenvalue weighted by Gasteiger charge is -2.04. The topological polar surface area (TPSA) is 82.5 Å². The maximum absolute atomic E-state index is 5.64. The molecular weight excluding hydrogens is 216 g/mol. The van der Waals surface area contributed by atoms with Crippen molar-refractivity contribution in [3.8, 4) is 5.82 Å². The Morgan fingerprint density at radius 3 is 2.53 bits per heavy atom. The molecule has 0 unspecified atom stereocenters. The number of nitrogens with zero attached hydrogens (tertiary/aromatic N) is 5. The van der Waals surface area contributed by atoms with E-state index >= 15 is 0 Å². The van der Waals surface area contributed by atoms with Crippen molar-refractivity contribution in [2.45, 2.75) is 33.6 Å². The number of rotatable bonds is 3. The van der Waals surface area contributed by atoms with Gasteiger partial charge in [0, 0.05) is 24.6 Å². The summed E-state index contributed by atoms with van der Waals surface area (Å²) in [5.74, 6) is 2.64. The molecule has 2 aromatic rings. The van der Waals surface area contributed by atoms with Crippen LogP contribution in [0.15, 0.2) is 6.07 Å². The minimum atomic E-state index is 0.260. The van der Waals surface area contributed by atoms with Crippen molar-refractivity contribution in [1.82, 2.24) is 24.7 Å². The zero-order valence-corrected chi connectivity index (χ0v) is 10.3. The summed E-state index contributed by atoms with van der Waals surface area (Å²) in [5, 5.41) is 4.41. The van der Waals surface area contributed by atoms with Gasteiger partial charge < -0.3 is 5.73 Å². The molecule has 0 aliphatic carbocycles. The van der Waals surface area contributed by atoms with E-state index in [0.717, 1.165) is 30.2 Å². The molecule has 0 aromatic carbocycles. The second-order valence-corrected chi connectivity index (χ2v) is 3.79. The van der Waals surface area contributed by atoms with Crippen molar-refractivity contribution in [3.63, 3.8) is 0 Å². The lowest BCUT2D eigenvalue weighted by Crippen LogP contribution is -2.08. The molecule has 0 saturated heterocycles. The van der Waals surface area contributed by atoms with Crippen LogP contribution in [0.4, 0.5) is 5.95 Å². The summed E-state index contributed by atoms with van der Waals surface area (Å²) in [6.45, 7) is 5.95. The quantitative estimate of drug-likeness (QED) is 0.856. The van der Waals surface area contributed by atoms with E-state index in [1.165, 1.54) is 0 Å². The van der Waals surface area contributed by atoms with Crippen molar-refractivity contribution in [2.75, 3.05) is 5.73 Å². The molecule has 2 heterocycles. The maximum atomic E-state index is 5.64. The van der Waals surface area contributed by atoms with Crippen molar-refractivity contribution in [3.05, 3.63) is 23.4 Å². The number of nitrogen functional groups attached to an aromatic ring is 1. The normalized spacial score (nSPS) is 10.8. The smallest absolute Gasteiger partial charge is 0.222 e. The van der Waals surface area contributed by atoms with Crippen molar-refractivity contribution in [2.24, 2.45) is 0 Å². The van der Waals surface area contributed by atoms with Crippen molar-refractivity contribution >= 4 is 5.95 Å². The molecule has 0 fully saturated rings. The van der Waals surface area contributed by atoms with Crippen LogP contribution in [0, 0.1) is 6.92 Å². The number of nitrogens with two attached hydrogens (primary N) is 1. The van der Waals surface area contributed by atoms with Crippen LogP contribution in [0.2, 0.25) is 0 Å². The third kappa shape index (κ3) is 2.25. The SMILES string of the molecule is CCc1nc(CC)n(-c2cc(C)nc(N)n2)n1. The van der Waals surface area contributed by atoms with Crippen LogP contribution >= 0.6 is 0 Å². The molecule has 90 valence electrons. The van der Waals surface area contributed by atoms with E-state index in [1.54, 1.807) is 4.68 Å². The first-order valence-electron chi connectivity index (χ1n) is 5.70. The van der Waals surface area contributed by atoms with Crippen LogP contribution in [0.3, 0.4) is 0 Å². The summed E-state index contributed by atoms with van der Waals surface area (Å²) >= 11 is 0. The first kappa shape index (κ1) is 11.5. The molecule has 0 atom stereocenters. The van der Waals surface area contributed by atoms with Gasteiger partial charge in [-0.05, 0) is 6.92 Å². The third-order valence-corrected chi connectivity index (χ3v) is 2.43. The zero-order valence-electron chi connectivity index (χ0n) is 10.3. The Kier molecular flexibility index (Phi) is 3.03. The Morgan fingerprint density at radius 1 is 1.18 bits per heavy atom. The van der Waals surface area contributed by atoms with Crippen molar-refractivity contribution < 1.29 is 0 Å². The molecule has 6 nitrogen and oxygen atoms in total. The minimum Gasteiger partial charge on any atom is -0.368 e. The predicted octanol–water partition coefficient (Wildman–Crippen LogP) is 1.07. The molecule has 17 heavy (non-hydrogen) atoms. The summed E-state index contributed by atoms with van der Waals surface area (Å²) in [6.07, 6.45) is 1.61. The standard InChI is InChI=1S/C11H16N6/c1-4-8-14-9(5-2)17(16-8)10-6-7(3)13-11(12)15-10/h6H,4-5H2,1-3H3,(H2,12,13,15). The van der Waals surface area contributed by atoms with Crippen LogP contribution < -0.4 is 5.73 Å². The van der Waals surface area contributed by atoms with Gasteiger partial charge in [-0.2, -0.15) is 9.67 Å². The molecule has 0 aliphatic rings. The van der Waals surface area contributed by atoms with E-state index in [2.05, 4.69) is 20.1 Å². The van der Waals surface area contributed by atoms with Gasteiger partial charge in [-0.25, -0.2) is 9.97 Å². The largest absolute Gasteiger partial charge is 0.368 e. The summed E-state index contributed by atoms with van der Waals surface area (Å²) in [6, 6.07) is 1.85. The molecule has 0 bridgehead atoms. The highest BCUT2D eigenvalue weighted by atomic mass is 15.4. The highest BCUT2D eigenvalue weighted by Crippen LogP contribution is 2.11. The zero-order chi connectivity index (χ0) is 12.4. The van der Waals surface area contributed by atoms with E-state index < -0.39 is 0 Å². The number of anilines is 1. The van der Waals surface area contributed by atoms with Crippen LogP contribution in [0.1, 0.15) is 31.2 Å². The molecule has 0 aliphatic heterocycles. The van der Waals surface area contributed by atoms with E-state index in [4.69, 9.17) is 5.73 Å². The molecule has 0 radical (unpaired) electrons. The Hall–Kier alpha value is -1.98. The van der Waals surface area contributed by atoms with Gasteiger partial charge in [0.2, 0.25) is 5.95 Å². The second-order valence-electron chi connectivity index (χ2n) is 3.79. The van der Waals surface area contributed by atoms with Crippen LogP contribution in [0.25, 0.3) is 5.82 Å². The summed E-state index contributed by atoms with van der Waals surface area (Å²) in [5.41, 5.74) is 6.47. The number of hydrogen-bond acceptors (Lipinski definition) is 5. The Morgan fingerprint density at radius 2 is 1.94 bits per heavy atom. The fraction of sp³-hybridized carbons (Fsp3) is 0.455. The highest BCUT2D eigenvalue weighted by Gasteiger charge is 2.11. The molecule has 2 rings (SSSR count). The minimum absolute atomic E-state index is 0.260. The van der Waals surface area contributed by atoms with E-state index in [-0.39, 0.29) is 5.95 Å².